The molecular formula is C14H26ClNO. The SMILES string of the molecule is CC(C)N(CCCl)CC1CCC2(CCCC2)O1. The molecule has 0 bridgehead atoms. The van der Waals surface area contributed by atoms with E-state index >= 15 is 0 Å². The molecule has 0 aromatic carbocycles. The van der Waals surface area contributed by atoms with Gasteiger partial charge in [0.1, 0.15) is 0 Å². The van der Waals surface area contributed by atoms with Crippen LogP contribution in [0, 0.1) is 0 Å². The predicted molar refractivity (Wildman–Crippen MR) is 72.7 cm³/mol. The molecule has 0 radical (unpaired) electrons. The molecule has 1 atom stereocenters. The smallest absolute Gasteiger partial charge is 0.0710 e. The Morgan fingerprint density at radius 2 is 2.00 bits per heavy atom. The molecule has 2 nitrogen and oxygen atoms in total. The van der Waals surface area contributed by atoms with E-state index in [1.807, 2.05) is 0 Å². The second-order valence-electron chi connectivity index (χ2n) is 5.95. The highest BCUT2D eigenvalue weighted by atomic mass is 35.5. The maximum Gasteiger partial charge on any atom is 0.0710 e. The summed E-state index contributed by atoms with van der Waals surface area (Å²) in [6.07, 6.45) is 8.28. The molecule has 1 heterocycles. The first kappa shape index (κ1) is 13.6. The monoisotopic (exact) mass is 259 g/mol. The normalized spacial score (nSPS) is 27.7. The summed E-state index contributed by atoms with van der Waals surface area (Å²) in [5, 5.41) is 0. The van der Waals surface area contributed by atoms with Crippen molar-refractivity contribution in [1.29, 1.82) is 0 Å². The van der Waals surface area contributed by atoms with Crippen molar-refractivity contribution in [2.24, 2.45) is 0 Å². The molecule has 0 N–H and O–H groups in total. The average Bonchev–Trinajstić information content (AvgIpc) is 2.89. The number of nitrogens with zero attached hydrogens (tertiary/aromatic N) is 1. The number of alkyl halides is 1. The number of halogens is 1. The van der Waals surface area contributed by atoms with Gasteiger partial charge in [0.2, 0.25) is 0 Å². The van der Waals surface area contributed by atoms with Crippen LogP contribution in [0.3, 0.4) is 0 Å². The van der Waals surface area contributed by atoms with Crippen LogP contribution in [-0.2, 0) is 4.74 Å². The quantitative estimate of drug-likeness (QED) is 0.702. The van der Waals surface area contributed by atoms with E-state index in [-0.39, 0.29) is 5.60 Å². The molecule has 100 valence electrons. The second-order valence-corrected chi connectivity index (χ2v) is 6.32. The van der Waals surface area contributed by atoms with Crippen molar-refractivity contribution in [3.63, 3.8) is 0 Å². The van der Waals surface area contributed by atoms with E-state index in [0.717, 1.165) is 19.0 Å². The lowest BCUT2D eigenvalue weighted by Crippen LogP contribution is -2.39. The maximum absolute atomic E-state index is 6.35. The third-order valence-electron chi connectivity index (χ3n) is 4.39. The van der Waals surface area contributed by atoms with Gasteiger partial charge in [0.25, 0.3) is 0 Å². The number of ether oxygens (including phenoxy) is 1. The summed E-state index contributed by atoms with van der Waals surface area (Å²) in [4.78, 5) is 2.45. The van der Waals surface area contributed by atoms with Gasteiger partial charge in [0.15, 0.2) is 0 Å². The molecular weight excluding hydrogens is 234 g/mol. The summed E-state index contributed by atoms with van der Waals surface area (Å²) in [6.45, 7) is 6.53. The molecule has 1 aliphatic carbocycles. The number of rotatable bonds is 5. The fourth-order valence-corrected chi connectivity index (χ4v) is 3.56. The van der Waals surface area contributed by atoms with Crippen LogP contribution < -0.4 is 0 Å². The molecule has 17 heavy (non-hydrogen) atoms. The Labute approximate surface area is 111 Å². The minimum Gasteiger partial charge on any atom is -0.370 e. The summed E-state index contributed by atoms with van der Waals surface area (Å²) >= 11 is 5.86. The second kappa shape index (κ2) is 5.90. The first-order chi connectivity index (χ1) is 8.15. The zero-order valence-corrected chi connectivity index (χ0v) is 12.0. The largest absolute Gasteiger partial charge is 0.370 e. The van der Waals surface area contributed by atoms with Crippen molar-refractivity contribution >= 4 is 11.6 Å². The number of hydrogen-bond donors (Lipinski definition) is 0. The molecule has 2 fully saturated rings. The highest BCUT2D eigenvalue weighted by Gasteiger charge is 2.42. The molecule has 1 unspecified atom stereocenters. The molecule has 1 saturated carbocycles. The van der Waals surface area contributed by atoms with Crippen LogP contribution in [0.2, 0.25) is 0 Å². The summed E-state index contributed by atoms with van der Waals surface area (Å²) in [6, 6.07) is 0.567. The summed E-state index contributed by atoms with van der Waals surface area (Å²) in [5.74, 6) is 0.718. The van der Waals surface area contributed by atoms with E-state index in [4.69, 9.17) is 16.3 Å². The van der Waals surface area contributed by atoms with Crippen molar-refractivity contribution in [3.05, 3.63) is 0 Å². The van der Waals surface area contributed by atoms with Gasteiger partial charge >= 0.3 is 0 Å². The minimum atomic E-state index is 0.272. The Bertz CT molecular complexity index is 238. The third-order valence-corrected chi connectivity index (χ3v) is 4.56. The zero-order valence-electron chi connectivity index (χ0n) is 11.3. The van der Waals surface area contributed by atoms with Crippen molar-refractivity contribution < 1.29 is 4.74 Å². The average molecular weight is 260 g/mol. The van der Waals surface area contributed by atoms with Crippen LogP contribution in [0.25, 0.3) is 0 Å². The van der Waals surface area contributed by atoms with E-state index in [1.165, 1.54) is 38.5 Å². The van der Waals surface area contributed by atoms with Crippen LogP contribution in [-0.4, -0.2) is 41.6 Å². The van der Waals surface area contributed by atoms with E-state index in [1.54, 1.807) is 0 Å². The van der Waals surface area contributed by atoms with E-state index in [9.17, 15) is 0 Å². The molecule has 3 heteroatoms. The number of hydrogen-bond acceptors (Lipinski definition) is 2. The highest BCUT2D eigenvalue weighted by molar-refractivity contribution is 6.18. The molecule has 0 amide bonds. The van der Waals surface area contributed by atoms with Gasteiger partial charge in [-0.15, -0.1) is 11.6 Å². The Balaban J connectivity index is 1.83. The van der Waals surface area contributed by atoms with Crippen molar-refractivity contribution in [3.8, 4) is 0 Å². The van der Waals surface area contributed by atoms with Crippen LogP contribution in [0.4, 0.5) is 0 Å². The van der Waals surface area contributed by atoms with Gasteiger partial charge in [-0.3, -0.25) is 4.90 Å². The lowest BCUT2D eigenvalue weighted by atomic mass is 9.98. The molecule has 0 aromatic rings. The topological polar surface area (TPSA) is 12.5 Å². The Morgan fingerprint density at radius 1 is 1.29 bits per heavy atom. The van der Waals surface area contributed by atoms with Crippen molar-refractivity contribution in [2.75, 3.05) is 19.0 Å². The lowest BCUT2D eigenvalue weighted by Gasteiger charge is -2.30. The predicted octanol–water partition coefficient (Wildman–Crippen LogP) is 3.43. The van der Waals surface area contributed by atoms with Gasteiger partial charge in [-0.25, -0.2) is 0 Å². The molecule has 2 aliphatic rings. The van der Waals surface area contributed by atoms with Gasteiger partial charge in [0, 0.05) is 25.0 Å². The first-order valence-electron chi connectivity index (χ1n) is 7.13. The van der Waals surface area contributed by atoms with E-state index < -0.39 is 0 Å². The Hall–Kier alpha value is 0.210. The Morgan fingerprint density at radius 3 is 2.59 bits per heavy atom. The van der Waals surface area contributed by atoms with Gasteiger partial charge in [-0.05, 0) is 39.5 Å². The fraction of sp³-hybridized carbons (Fsp3) is 1.00. The van der Waals surface area contributed by atoms with Gasteiger partial charge in [0.05, 0.1) is 11.7 Å². The summed E-state index contributed by atoms with van der Waals surface area (Å²) in [5.41, 5.74) is 0.272. The van der Waals surface area contributed by atoms with Gasteiger partial charge < -0.3 is 4.74 Å². The minimum absolute atomic E-state index is 0.272. The van der Waals surface area contributed by atoms with Crippen LogP contribution in [0.15, 0.2) is 0 Å². The third kappa shape index (κ3) is 3.36. The molecule has 1 aliphatic heterocycles. The molecule has 0 aromatic heterocycles. The van der Waals surface area contributed by atoms with Gasteiger partial charge in [-0.1, -0.05) is 12.8 Å². The van der Waals surface area contributed by atoms with E-state index in [2.05, 4.69) is 18.7 Å². The zero-order chi connectivity index (χ0) is 12.3. The summed E-state index contributed by atoms with van der Waals surface area (Å²) < 4.78 is 6.35. The first-order valence-corrected chi connectivity index (χ1v) is 7.66. The van der Waals surface area contributed by atoms with Gasteiger partial charge in [-0.2, -0.15) is 0 Å². The highest BCUT2D eigenvalue weighted by Crippen LogP contribution is 2.43. The fourth-order valence-electron chi connectivity index (χ4n) is 3.34. The van der Waals surface area contributed by atoms with Crippen LogP contribution in [0.5, 0.6) is 0 Å². The van der Waals surface area contributed by atoms with Crippen molar-refractivity contribution in [1.82, 2.24) is 4.90 Å². The van der Waals surface area contributed by atoms with Crippen molar-refractivity contribution in [2.45, 2.75) is 70.1 Å². The molecule has 2 rings (SSSR count). The summed E-state index contributed by atoms with van der Waals surface area (Å²) in [7, 11) is 0. The Kier molecular flexibility index (Phi) is 4.73. The maximum atomic E-state index is 6.35. The molecule has 1 spiro atoms. The van der Waals surface area contributed by atoms with E-state index in [0.29, 0.717) is 12.1 Å². The standard InChI is InChI=1S/C14H26ClNO/c1-12(2)16(10-9-15)11-13-5-8-14(17-13)6-3-4-7-14/h12-13H,3-11H2,1-2H3. The van der Waals surface area contributed by atoms with Crippen LogP contribution >= 0.6 is 11.6 Å². The lowest BCUT2D eigenvalue weighted by molar-refractivity contribution is -0.0494. The molecule has 1 saturated heterocycles. The van der Waals surface area contributed by atoms with Crippen LogP contribution in [0.1, 0.15) is 52.4 Å².